The molecule has 2 aliphatic heterocycles. The lowest BCUT2D eigenvalue weighted by atomic mass is 9.98. The largest absolute Gasteiger partial charge is 0.444 e. The molecule has 4 aromatic rings. The van der Waals surface area contributed by atoms with Crippen molar-refractivity contribution in [3.63, 3.8) is 0 Å². The van der Waals surface area contributed by atoms with Crippen LogP contribution >= 0.6 is 0 Å². The summed E-state index contributed by atoms with van der Waals surface area (Å²) in [5.74, 6) is 0.437. The summed E-state index contributed by atoms with van der Waals surface area (Å²) in [6.45, 7) is 9.21. The normalized spacial score (nSPS) is 17.8. The second-order valence-electron chi connectivity index (χ2n) is 12.0. The van der Waals surface area contributed by atoms with Crippen molar-refractivity contribution >= 4 is 17.6 Å². The van der Waals surface area contributed by atoms with Crippen LogP contribution in [-0.2, 0) is 11.2 Å². The highest BCUT2D eigenvalue weighted by Crippen LogP contribution is 2.48. The first-order valence-electron chi connectivity index (χ1n) is 14.2. The van der Waals surface area contributed by atoms with Gasteiger partial charge in [-0.3, -0.25) is 4.90 Å². The predicted octanol–water partition coefficient (Wildman–Crippen LogP) is 7.79. The Morgan fingerprint density at radius 1 is 0.951 bits per heavy atom. The van der Waals surface area contributed by atoms with Crippen molar-refractivity contribution in [2.45, 2.75) is 71.6 Å². The summed E-state index contributed by atoms with van der Waals surface area (Å²) < 4.78 is 22.4. The number of halogens is 1. The molecule has 2 atom stereocenters. The van der Waals surface area contributed by atoms with Crippen molar-refractivity contribution in [2.75, 3.05) is 0 Å². The molecule has 210 valence electrons. The van der Waals surface area contributed by atoms with E-state index in [1.807, 2.05) is 103 Å². The molecular formula is C34H35FN4O2. The molecule has 2 aliphatic rings. The van der Waals surface area contributed by atoms with Gasteiger partial charge >= 0.3 is 6.09 Å². The summed E-state index contributed by atoms with van der Waals surface area (Å²) in [7, 11) is 0. The van der Waals surface area contributed by atoms with E-state index in [1.54, 1.807) is 13.8 Å². The van der Waals surface area contributed by atoms with Crippen molar-refractivity contribution in [1.82, 2.24) is 14.7 Å². The zero-order chi connectivity index (χ0) is 28.9. The first kappa shape index (κ1) is 26.9. The van der Waals surface area contributed by atoms with Gasteiger partial charge in [0.2, 0.25) is 0 Å². The Morgan fingerprint density at radius 3 is 2.10 bits per heavy atom. The highest BCUT2D eigenvalue weighted by molar-refractivity contribution is 6.14. The van der Waals surface area contributed by atoms with E-state index in [4.69, 9.17) is 14.8 Å². The third kappa shape index (κ3) is 5.05. The number of aliphatic imine (C=N–C) groups is 1. The fraction of sp³-hybridized carbons (Fsp3) is 0.324. The minimum atomic E-state index is -0.598. The summed E-state index contributed by atoms with van der Waals surface area (Å²) in [5.41, 5.74) is 5.85. The molecule has 6 rings (SSSR count). The van der Waals surface area contributed by atoms with Crippen LogP contribution in [-0.4, -0.2) is 38.1 Å². The van der Waals surface area contributed by atoms with Gasteiger partial charge in [-0.2, -0.15) is 5.10 Å². The van der Waals surface area contributed by atoms with E-state index in [0.29, 0.717) is 23.4 Å². The van der Waals surface area contributed by atoms with Gasteiger partial charge in [0.05, 0.1) is 23.1 Å². The number of hydrogen-bond donors (Lipinski definition) is 0. The zero-order valence-electron chi connectivity index (χ0n) is 24.2. The smallest absolute Gasteiger partial charge is 0.411 e. The van der Waals surface area contributed by atoms with Gasteiger partial charge in [-0.05, 0) is 70.7 Å². The molecule has 2 bridgehead atoms. The number of nitrogens with zero attached hydrogens (tertiary/aromatic N) is 4. The van der Waals surface area contributed by atoms with Gasteiger partial charge in [-0.15, -0.1) is 0 Å². The van der Waals surface area contributed by atoms with Crippen molar-refractivity contribution in [1.29, 1.82) is 0 Å². The first-order chi connectivity index (χ1) is 19.6. The van der Waals surface area contributed by atoms with Gasteiger partial charge < -0.3 is 4.74 Å². The maximum Gasteiger partial charge on any atom is 0.411 e. The Balaban J connectivity index is 1.59. The molecule has 0 N–H and O–H groups in total. The third-order valence-electron chi connectivity index (χ3n) is 7.82. The Kier molecular flexibility index (Phi) is 6.76. The molecule has 3 heterocycles. The van der Waals surface area contributed by atoms with Crippen LogP contribution in [0.1, 0.15) is 73.2 Å². The van der Waals surface area contributed by atoms with Crippen LogP contribution in [0.15, 0.2) is 77.8 Å². The zero-order valence-corrected chi connectivity index (χ0v) is 24.2. The van der Waals surface area contributed by atoms with Crippen molar-refractivity contribution in [3.05, 3.63) is 112 Å². The molecule has 1 saturated heterocycles. The summed E-state index contributed by atoms with van der Waals surface area (Å²) in [6.07, 6.45) is 1.99. The lowest BCUT2D eigenvalue weighted by Crippen LogP contribution is -2.44. The van der Waals surface area contributed by atoms with Gasteiger partial charge in [-0.25, -0.2) is 18.9 Å². The molecule has 41 heavy (non-hydrogen) atoms. The van der Waals surface area contributed by atoms with E-state index in [9.17, 15) is 9.18 Å². The number of rotatable bonds is 4. The summed E-state index contributed by atoms with van der Waals surface area (Å²) >= 11 is 0. The van der Waals surface area contributed by atoms with Crippen LogP contribution in [0.4, 0.5) is 15.0 Å². The SMILES string of the molecule is Cc1cc(-n2nc3c(c2N=C(c2ccccc2)c2ccccc2)C2CCC(C3)N2C(=O)OC(C)(C)C)cc(C)c1F. The lowest BCUT2D eigenvalue weighted by Gasteiger charge is -2.35. The van der Waals surface area contributed by atoms with Crippen LogP contribution in [0.2, 0.25) is 0 Å². The first-order valence-corrected chi connectivity index (χ1v) is 14.2. The van der Waals surface area contributed by atoms with Gasteiger partial charge in [0.25, 0.3) is 0 Å². The van der Waals surface area contributed by atoms with E-state index in [-0.39, 0.29) is 24.0 Å². The topological polar surface area (TPSA) is 59.7 Å². The Labute approximate surface area is 240 Å². The fourth-order valence-corrected chi connectivity index (χ4v) is 6.06. The highest BCUT2D eigenvalue weighted by atomic mass is 19.1. The molecule has 1 aromatic heterocycles. The van der Waals surface area contributed by atoms with Crippen molar-refractivity contribution < 1.29 is 13.9 Å². The van der Waals surface area contributed by atoms with Gasteiger partial charge in [0, 0.05) is 29.2 Å². The number of aryl methyl sites for hydroxylation is 2. The molecule has 0 spiro atoms. The second kappa shape index (κ2) is 10.3. The minimum Gasteiger partial charge on any atom is -0.444 e. The Bertz CT molecular complexity index is 1570. The third-order valence-corrected chi connectivity index (χ3v) is 7.82. The number of carbonyl (C=O) groups excluding carboxylic acids is 1. The molecular weight excluding hydrogens is 515 g/mol. The van der Waals surface area contributed by atoms with Gasteiger partial charge in [0.15, 0.2) is 5.82 Å². The summed E-state index contributed by atoms with van der Waals surface area (Å²) in [5, 5.41) is 5.09. The minimum absolute atomic E-state index is 0.0157. The molecule has 0 radical (unpaired) electrons. The second-order valence-corrected chi connectivity index (χ2v) is 12.0. The average molecular weight is 551 g/mol. The van der Waals surface area contributed by atoms with Gasteiger partial charge in [0.1, 0.15) is 11.4 Å². The van der Waals surface area contributed by atoms with Crippen LogP contribution < -0.4 is 0 Å². The number of ether oxygens (including phenoxy) is 1. The fourth-order valence-electron chi connectivity index (χ4n) is 6.06. The molecule has 2 unspecified atom stereocenters. The van der Waals surface area contributed by atoms with E-state index in [1.165, 1.54) is 0 Å². The van der Waals surface area contributed by atoms with E-state index in [2.05, 4.69) is 0 Å². The number of amides is 1. The average Bonchev–Trinajstić information content (AvgIpc) is 3.46. The van der Waals surface area contributed by atoms with Gasteiger partial charge in [-0.1, -0.05) is 60.7 Å². The van der Waals surface area contributed by atoms with Crippen molar-refractivity contribution in [2.24, 2.45) is 4.99 Å². The van der Waals surface area contributed by atoms with Crippen LogP contribution in [0.5, 0.6) is 0 Å². The summed E-state index contributed by atoms with van der Waals surface area (Å²) in [6, 6.07) is 23.6. The molecule has 0 saturated carbocycles. The van der Waals surface area contributed by atoms with E-state index >= 15 is 0 Å². The molecule has 3 aromatic carbocycles. The highest BCUT2D eigenvalue weighted by Gasteiger charge is 2.47. The molecule has 1 fully saturated rings. The van der Waals surface area contributed by atoms with Crippen LogP contribution in [0.3, 0.4) is 0 Å². The van der Waals surface area contributed by atoms with E-state index in [0.717, 1.165) is 46.6 Å². The molecule has 0 aliphatic carbocycles. The maximum atomic E-state index is 14.7. The Hall–Kier alpha value is -4.26. The standard InChI is InChI=1S/C34H35FN4O2/c1-21-18-26(19-22(2)30(21)35)39-32(36-31(23-12-8-6-9-13-23)24-14-10-7-11-15-24)29-27(37-39)20-25-16-17-28(29)38(25)33(40)41-34(3,4)5/h6-15,18-19,25,28H,16-17,20H2,1-5H3. The Morgan fingerprint density at radius 2 is 1.54 bits per heavy atom. The monoisotopic (exact) mass is 550 g/mol. The molecule has 7 heteroatoms. The van der Waals surface area contributed by atoms with E-state index < -0.39 is 5.60 Å². The van der Waals surface area contributed by atoms with Crippen molar-refractivity contribution in [3.8, 4) is 5.69 Å². The van der Waals surface area contributed by atoms with Crippen LogP contribution in [0, 0.1) is 19.7 Å². The summed E-state index contributed by atoms with van der Waals surface area (Å²) in [4.78, 5) is 20.7. The number of fused-ring (bicyclic) bond motifs is 4. The predicted molar refractivity (Wildman–Crippen MR) is 159 cm³/mol. The number of benzene rings is 3. The van der Waals surface area contributed by atoms with Crippen LogP contribution in [0.25, 0.3) is 5.69 Å². The maximum absolute atomic E-state index is 14.7. The quantitative estimate of drug-likeness (QED) is 0.244. The molecule has 1 amide bonds. The number of hydrogen-bond acceptors (Lipinski definition) is 4. The number of carbonyl (C=O) groups is 1. The number of aromatic nitrogens is 2. The molecule has 6 nitrogen and oxygen atoms in total. The lowest BCUT2D eigenvalue weighted by molar-refractivity contribution is 0.0125.